The molecule has 1 N–H and O–H groups in total. The second-order valence-corrected chi connectivity index (χ2v) is 7.56. The number of anilines is 1. The lowest BCUT2D eigenvalue weighted by atomic mass is 10.1. The van der Waals surface area contributed by atoms with E-state index < -0.39 is 6.04 Å². The van der Waals surface area contributed by atoms with Crippen LogP contribution in [0.3, 0.4) is 0 Å². The molecule has 1 unspecified atom stereocenters. The van der Waals surface area contributed by atoms with Crippen LogP contribution in [0.5, 0.6) is 5.75 Å². The number of amides is 2. The number of carbonyl (C=O) groups excluding carboxylic acids is 2. The van der Waals surface area contributed by atoms with E-state index in [2.05, 4.69) is 5.32 Å². The highest BCUT2D eigenvalue weighted by atomic mass is 35.5. The summed E-state index contributed by atoms with van der Waals surface area (Å²) < 4.78 is 5.97. The Morgan fingerprint density at radius 1 is 1.07 bits per heavy atom. The van der Waals surface area contributed by atoms with Gasteiger partial charge in [-0.15, -0.1) is 0 Å². The van der Waals surface area contributed by atoms with Gasteiger partial charge in [-0.2, -0.15) is 0 Å². The Kier molecular flexibility index (Phi) is 5.35. The first-order valence-electron chi connectivity index (χ1n) is 9.14. The van der Waals surface area contributed by atoms with Crippen molar-refractivity contribution in [1.82, 2.24) is 5.32 Å². The average molecular weight is 429 g/mol. The van der Waals surface area contributed by atoms with E-state index in [1.54, 1.807) is 12.1 Å². The van der Waals surface area contributed by atoms with Crippen molar-refractivity contribution in [3.63, 3.8) is 0 Å². The lowest BCUT2D eigenvalue weighted by Gasteiger charge is -2.19. The van der Waals surface area contributed by atoms with E-state index in [0.29, 0.717) is 21.3 Å². The summed E-state index contributed by atoms with van der Waals surface area (Å²) in [5.74, 6) is 0.136. The molecule has 5 nitrogen and oxygen atoms in total. The highest BCUT2D eigenvalue weighted by Crippen LogP contribution is 2.44. The van der Waals surface area contributed by atoms with E-state index in [4.69, 9.17) is 27.9 Å². The zero-order valence-corrected chi connectivity index (χ0v) is 17.1. The van der Waals surface area contributed by atoms with Crippen molar-refractivity contribution >= 4 is 51.5 Å². The molecule has 1 aliphatic heterocycles. The number of carbonyl (C=O) groups is 2. The number of nitrogens with zero attached hydrogens (tertiary/aromatic N) is 1. The largest absolute Gasteiger partial charge is 0.491 e. The second-order valence-electron chi connectivity index (χ2n) is 6.74. The van der Waals surface area contributed by atoms with Crippen LogP contribution in [0.1, 0.15) is 18.5 Å². The summed E-state index contributed by atoms with van der Waals surface area (Å²) in [5, 5.41) is 5.52. The van der Waals surface area contributed by atoms with Crippen molar-refractivity contribution in [3.05, 3.63) is 70.2 Å². The fourth-order valence-corrected chi connectivity index (χ4v) is 4.15. The smallest absolute Gasteiger partial charge is 0.254 e. The molecule has 148 valence electrons. The molecule has 0 aliphatic carbocycles. The van der Waals surface area contributed by atoms with Crippen molar-refractivity contribution in [1.29, 1.82) is 0 Å². The van der Waals surface area contributed by atoms with Gasteiger partial charge in [0.1, 0.15) is 18.4 Å². The SMILES string of the molecule is CC(=O)NC1C(=O)N(CCOc2cccc3ccccc23)c2c(Cl)ccc(Cl)c21. The highest BCUT2D eigenvalue weighted by Gasteiger charge is 2.40. The van der Waals surface area contributed by atoms with Gasteiger partial charge in [0.25, 0.3) is 5.91 Å². The standard InChI is InChI=1S/C22H18Cl2N2O3/c1-13(27)25-20-19-16(23)9-10-17(24)21(19)26(22(20)28)11-12-29-18-8-4-6-14-5-2-3-7-15(14)18/h2-10,20H,11-12H2,1H3,(H,25,27). The molecule has 0 saturated heterocycles. The summed E-state index contributed by atoms with van der Waals surface area (Å²) in [7, 11) is 0. The summed E-state index contributed by atoms with van der Waals surface area (Å²) in [6.07, 6.45) is 0. The van der Waals surface area contributed by atoms with E-state index in [-0.39, 0.29) is 25.0 Å². The Bertz CT molecular complexity index is 1110. The van der Waals surface area contributed by atoms with Gasteiger partial charge in [0.05, 0.1) is 17.3 Å². The van der Waals surface area contributed by atoms with Gasteiger partial charge < -0.3 is 15.0 Å². The van der Waals surface area contributed by atoms with Gasteiger partial charge in [0.15, 0.2) is 0 Å². The Labute approximate surface area is 178 Å². The van der Waals surface area contributed by atoms with Gasteiger partial charge >= 0.3 is 0 Å². The minimum absolute atomic E-state index is 0.259. The molecule has 0 aromatic heterocycles. The number of halogens is 2. The number of hydrogen-bond donors (Lipinski definition) is 1. The van der Waals surface area contributed by atoms with Crippen LogP contribution in [0.4, 0.5) is 5.69 Å². The summed E-state index contributed by atoms with van der Waals surface area (Å²) in [4.78, 5) is 26.1. The Morgan fingerprint density at radius 3 is 2.59 bits per heavy atom. The van der Waals surface area contributed by atoms with Crippen LogP contribution in [0.2, 0.25) is 10.0 Å². The quantitative estimate of drug-likeness (QED) is 0.637. The average Bonchev–Trinajstić information content (AvgIpc) is 2.98. The van der Waals surface area contributed by atoms with Gasteiger partial charge in [-0.1, -0.05) is 59.6 Å². The monoisotopic (exact) mass is 428 g/mol. The molecule has 0 fully saturated rings. The molecule has 4 rings (SSSR count). The van der Waals surface area contributed by atoms with E-state index in [1.807, 2.05) is 42.5 Å². The molecule has 0 saturated carbocycles. The third kappa shape index (κ3) is 3.63. The second kappa shape index (κ2) is 7.93. The van der Waals surface area contributed by atoms with E-state index >= 15 is 0 Å². The molecular weight excluding hydrogens is 411 g/mol. The fourth-order valence-electron chi connectivity index (χ4n) is 3.62. The molecule has 0 bridgehead atoms. The van der Waals surface area contributed by atoms with Gasteiger partial charge in [-0.25, -0.2) is 0 Å². The topological polar surface area (TPSA) is 58.6 Å². The predicted molar refractivity (Wildman–Crippen MR) is 115 cm³/mol. The summed E-state index contributed by atoms with van der Waals surface area (Å²) in [5.41, 5.74) is 1.04. The summed E-state index contributed by atoms with van der Waals surface area (Å²) in [6.45, 7) is 1.89. The first-order valence-corrected chi connectivity index (χ1v) is 9.90. The molecule has 3 aromatic carbocycles. The van der Waals surface area contributed by atoms with Crippen molar-refractivity contribution in [3.8, 4) is 5.75 Å². The van der Waals surface area contributed by atoms with Gasteiger partial charge in [0.2, 0.25) is 5.91 Å². The van der Waals surface area contributed by atoms with Crippen LogP contribution >= 0.6 is 23.2 Å². The minimum atomic E-state index is -0.855. The van der Waals surface area contributed by atoms with Gasteiger partial charge in [0, 0.05) is 22.9 Å². The first kappa shape index (κ1) is 19.6. The number of ether oxygens (including phenoxy) is 1. The molecule has 3 aromatic rings. The number of hydrogen-bond acceptors (Lipinski definition) is 3. The maximum atomic E-state index is 13.0. The maximum absolute atomic E-state index is 13.0. The third-order valence-electron chi connectivity index (χ3n) is 4.86. The van der Waals surface area contributed by atoms with Gasteiger partial charge in [-0.3, -0.25) is 9.59 Å². The molecule has 7 heteroatoms. The van der Waals surface area contributed by atoms with E-state index in [0.717, 1.165) is 16.5 Å². The normalized spacial score (nSPS) is 15.5. The van der Waals surface area contributed by atoms with Crippen LogP contribution in [0, 0.1) is 0 Å². The zero-order valence-electron chi connectivity index (χ0n) is 15.6. The van der Waals surface area contributed by atoms with Crippen LogP contribution in [0.25, 0.3) is 10.8 Å². The predicted octanol–water partition coefficient (Wildman–Crippen LogP) is 4.75. The van der Waals surface area contributed by atoms with Crippen molar-refractivity contribution in [2.75, 3.05) is 18.1 Å². The maximum Gasteiger partial charge on any atom is 0.254 e. The van der Waals surface area contributed by atoms with E-state index in [9.17, 15) is 9.59 Å². The van der Waals surface area contributed by atoms with Crippen molar-refractivity contribution in [2.45, 2.75) is 13.0 Å². The van der Waals surface area contributed by atoms with Crippen LogP contribution in [-0.2, 0) is 9.59 Å². The summed E-state index contributed by atoms with van der Waals surface area (Å²) >= 11 is 12.7. The number of fused-ring (bicyclic) bond motifs is 2. The fraction of sp³-hybridized carbons (Fsp3) is 0.182. The molecule has 0 radical (unpaired) electrons. The van der Waals surface area contributed by atoms with Crippen LogP contribution in [0.15, 0.2) is 54.6 Å². The Morgan fingerprint density at radius 2 is 1.79 bits per heavy atom. The number of benzene rings is 3. The molecule has 1 atom stereocenters. The highest BCUT2D eigenvalue weighted by molar-refractivity contribution is 6.38. The molecular formula is C22H18Cl2N2O3. The lowest BCUT2D eigenvalue weighted by molar-refractivity contribution is -0.126. The lowest BCUT2D eigenvalue weighted by Crippen LogP contribution is -2.38. The Hall–Kier alpha value is -2.76. The minimum Gasteiger partial charge on any atom is -0.491 e. The molecule has 0 spiro atoms. The van der Waals surface area contributed by atoms with Gasteiger partial charge in [-0.05, 0) is 23.6 Å². The molecule has 29 heavy (non-hydrogen) atoms. The molecule has 1 aliphatic rings. The molecule has 1 heterocycles. The van der Waals surface area contributed by atoms with Crippen molar-refractivity contribution < 1.29 is 14.3 Å². The van der Waals surface area contributed by atoms with Crippen LogP contribution in [-0.4, -0.2) is 25.0 Å². The first-order chi connectivity index (χ1) is 14.0. The Balaban J connectivity index is 1.58. The third-order valence-corrected chi connectivity index (χ3v) is 5.49. The van der Waals surface area contributed by atoms with Crippen LogP contribution < -0.4 is 15.0 Å². The zero-order chi connectivity index (χ0) is 20.5. The van der Waals surface area contributed by atoms with E-state index in [1.165, 1.54) is 11.8 Å². The number of nitrogens with one attached hydrogen (secondary N) is 1. The summed E-state index contributed by atoms with van der Waals surface area (Å²) in [6, 6.07) is 16.2. The number of rotatable bonds is 5. The van der Waals surface area contributed by atoms with Crippen molar-refractivity contribution in [2.24, 2.45) is 0 Å². The molecule has 2 amide bonds.